The maximum atomic E-state index is 6.16. The van der Waals surface area contributed by atoms with Crippen molar-refractivity contribution in [3.8, 4) is 0 Å². The number of benzene rings is 1. The van der Waals surface area contributed by atoms with Crippen molar-refractivity contribution in [3.63, 3.8) is 0 Å². The van der Waals surface area contributed by atoms with E-state index in [1.54, 1.807) is 11.8 Å². The maximum absolute atomic E-state index is 6.16. The molecule has 5 heteroatoms. The van der Waals surface area contributed by atoms with E-state index >= 15 is 0 Å². The number of halogens is 2. The van der Waals surface area contributed by atoms with Crippen LogP contribution in [0.4, 0.5) is 0 Å². The first-order valence-corrected chi connectivity index (χ1v) is 8.62. The van der Waals surface area contributed by atoms with E-state index < -0.39 is 0 Å². The molecule has 1 rings (SSSR count). The summed E-state index contributed by atoms with van der Waals surface area (Å²) in [6, 6.07) is 5.59. The summed E-state index contributed by atoms with van der Waals surface area (Å²) >= 11 is 13.9. The van der Waals surface area contributed by atoms with E-state index in [9.17, 15) is 0 Å². The lowest BCUT2D eigenvalue weighted by molar-refractivity contribution is 0.199. The zero-order valence-corrected chi connectivity index (χ0v) is 14.8. The van der Waals surface area contributed by atoms with Crippen LogP contribution in [0.25, 0.3) is 0 Å². The van der Waals surface area contributed by atoms with Gasteiger partial charge in [0.05, 0.1) is 5.02 Å². The molecule has 0 amide bonds. The molecule has 1 aromatic carbocycles. The molecule has 2 N–H and O–H groups in total. The highest BCUT2D eigenvalue weighted by Gasteiger charge is 2.19. The van der Waals surface area contributed by atoms with Crippen LogP contribution in [0.2, 0.25) is 10.0 Å². The highest BCUT2D eigenvalue weighted by Crippen LogP contribution is 2.29. The molecule has 0 saturated carbocycles. The van der Waals surface area contributed by atoms with Crippen molar-refractivity contribution in [1.82, 2.24) is 4.90 Å². The van der Waals surface area contributed by atoms with Crippen LogP contribution in [-0.4, -0.2) is 36.8 Å². The Bertz CT molecular complexity index is 424. The summed E-state index contributed by atoms with van der Waals surface area (Å²) in [6.45, 7) is 10.4. The lowest BCUT2D eigenvalue weighted by Gasteiger charge is -2.30. The number of rotatable bonds is 8. The van der Waals surface area contributed by atoms with Gasteiger partial charge in [0, 0.05) is 28.8 Å². The summed E-state index contributed by atoms with van der Waals surface area (Å²) in [5.74, 6) is 0.995. The minimum Gasteiger partial charge on any atom is -0.330 e. The Morgan fingerprint density at radius 2 is 2.00 bits per heavy atom. The predicted molar refractivity (Wildman–Crippen MR) is 92.1 cm³/mol. The summed E-state index contributed by atoms with van der Waals surface area (Å²) in [7, 11) is 0. The second-order valence-corrected chi connectivity index (χ2v) is 7.64. The maximum Gasteiger partial charge on any atom is 0.0542 e. The van der Waals surface area contributed by atoms with Gasteiger partial charge in [-0.05, 0) is 36.7 Å². The van der Waals surface area contributed by atoms with E-state index in [1.165, 1.54) is 0 Å². The fourth-order valence-corrected chi connectivity index (χ4v) is 3.39. The van der Waals surface area contributed by atoms with Gasteiger partial charge in [-0.2, -0.15) is 0 Å². The van der Waals surface area contributed by atoms with Crippen molar-refractivity contribution in [1.29, 1.82) is 0 Å². The Labute approximate surface area is 137 Å². The second kappa shape index (κ2) is 8.50. The smallest absolute Gasteiger partial charge is 0.0542 e. The van der Waals surface area contributed by atoms with E-state index in [4.69, 9.17) is 28.9 Å². The van der Waals surface area contributed by atoms with Gasteiger partial charge in [-0.3, -0.25) is 0 Å². The zero-order valence-electron chi connectivity index (χ0n) is 12.5. The van der Waals surface area contributed by atoms with E-state index in [1.807, 2.05) is 18.2 Å². The van der Waals surface area contributed by atoms with Gasteiger partial charge in [-0.25, -0.2) is 0 Å². The Morgan fingerprint density at radius 1 is 1.30 bits per heavy atom. The van der Waals surface area contributed by atoms with Crippen molar-refractivity contribution in [2.24, 2.45) is 11.1 Å². The van der Waals surface area contributed by atoms with Crippen molar-refractivity contribution < 1.29 is 0 Å². The van der Waals surface area contributed by atoms with Crippen LogP contribution in [-0.2, 0) is 0 Å². The summed E-state index contributed by atoms with van der Waals surface area (Å²) in [5.41, 5.74) is 5.96. The Hall–Kier alpha value is 0.0700. The second-order valence-electron chi connectivity index (χ2n) is 5.66. The number of thioether (sulfide) groups is 1. The van der Waals surface area contributed by atoms with Crippen LogP contribution in [0.15, 0.2) is 23.1 Å². The molecule has 114 valence electrons. The standard InChI is InChI=1S/C15H24Cl2N2S/c1-4-19(11-15(2,3)10-18)7-8-20-14-9-12(16)5-6-13(14)17/h5-6,9H,4,7-8,10-11,18H2,1-3H3. The van der Waals surface area contributed by atoms with Gasteiger partial charge in [-0.15, -0.1) is 11.8 Å². The van der Waals surface area contributed by atoms with Gasteiger partial charge in [0.1, 0.15) is 0 Å². The summed E-state index contributed by atoms with van der Waals surface area (Å²) in [5, 5.41) is 1.50. The summed E-state index contributed by atoms with van der Waals surface area (Å²) < 4.78 is 0. The van der Waals surface area contributed by atoms with Crippen molar-refractivity contribution in [2.75, 3.05) is 31.9 Å². The molecule has 0 spiro atoms. The highest BCUT2D eigenvalue weighted by molar-refractivity contribution is 7.99. The molecule has 0 aromatic heterocycles. The molecule has 0 saturated heterocycles. The van der Waals surface area contributed by atoms with Gasteiger partial charge >= 0.3 is 0 Å². The topological polar surface area (TPSA) is 29.3 Å². The SMILES string of the molecule is CCN(CCSc1cc(Cl)ccc1Cl)CC(C)(C)CN. The number of hydrogen-bond donors (Lipinski definition) is 1. The van der Waals surface area contributed by atoms with Crippen LogP contribution in [0.5, 0.6) is 0 Å². The average molecular weight is 335 g/mol. The van der Waals surface area contributed by atoms with Gasteiger partial charge in [0.15, 0.2) is 0 Å². The molecule has 0 fully saturated rings. The first kappa shape index (κ1) is 18.1. The molecule has 2 nitrogen and oxygen atoms in total. The molecular weight excluding hydrogens is 311 g/mol. The third-order valence-electron chi connectivity index (χ3n) is 3.21. The quantitative estimate of drug-likeness (QED) is 0.714. The predicted octanol–water partition coefficient (Wildman–Crippen LogP) is 4.39. The Kier molecular flexibility index (Phi) is 7.70. The molecule has 0 radical (unpaired) electrons. The van der Waals surface area contributed by atoms with E-state index in [0.29, 0.717) is 6.54 Å². The molecule has 1 aromatic rings. The van der Waals surface area contributed by atoms with Crippen molar-refractivity contribution >= 4 is 35.0 Å². The molecule has 0 aliphatic carbocycles. The molecule has 0 atom stereocenters. The van der Waals surface area contributed by atoms with Crippen molar-refractivity contribution in [3.05, 3.63) is 28.2 Å². The molecular formula is C15H24Cl2N2S. The third kappa shape index (κ3) is 6.23. The van der Waals surface area contributed by atoms with Gasteiger partial charge in [0.2, 0.25) is 0 Å². The number of nitrogens with two attached hydrogens (primary N) is 1. The Morgan fingerprint density at radius 3 is 2.60 bits per heavy atom. The molecule has 20 heavy (non-hydrogen) atoms. The highest BCUT2D eigenvalue weighted by atomic mass is 35.5. The summed E-state index contributed by atoms with van der Waals surface area (Å²) in [6.07, 6.45) is 0. The van der Waals surface area contributed by atoms with E-state index in [2.05, 4.69) is 25.7 Å². The van der Waals surface area contributed by atoms with Gasteiger partial charge in [0.25, 0.3) is 0 Å². The molecule has 0 aliphatic rings. The van der Waals surface area contributed by atoms with Gasteiger partial charge < -0.3 is 10.6 Å². The first-order chi connectivity index (χ1) is 9.38. The molecule has 0 unspecified atom stereocenters. The lowest BCUT2D eigenvalue weighted by Crippen LogP contribution is -2.39. The zero-order chi connectivity index (χ0) is 15.2. The van der Waals surface area contributed by atoms with Crippen LogP contribution < -0.4 is 5.73 Å². The van der Waals surface area contributed by atoms with Crippen molar-refractivity contribution in [2.45, 2.75) is 25.7 Å². The van der Waals surface area contributed by atoms with E-state index in [0.717, 1.165) is 40.3 Å². The van der Waals surface area contributed by atoms with Crippen LogP contribution in [0.3, 0.4) is 0 Å². The van der Waals surface area contributed by atoms with Crippen LogP contribution >= 0.6 is 35.0 Å². The number of hydrogen-bond acceptors (Lipinski definition) is 3. The Balaban J connectivity index is 2.47. The van der Waals surface area contributed by atoms with Crippen LogP contribution in [0.1, 0.15) is 20.8 Å². The average Bonchev–Trinajstić information content (AvgIpc) is 2.41. The third-order valence-corrected chi connectivity index (χ3v) is 4.92. The molecule has 0 bridgehead atoms. The normalized spacial score (nSPS) is 12.2. The fourth-order valence-electron chi connectivity index (χ4n) is 1.89. The first-order valence-electron chi connectivity index (χ1n) is 6.88. The minimum atomic E-state index is 0.161. The monoisotopic (exact) mass is 334 g/mol. The fraction of sp³-hybridized carbons (Fsp3) is 0.600. The molecule has 0 aliphatic heterocycles. The lowest BCUT2D eigenvalue weighted by atomic mass is 9.93. The van der Waals surface area contributed by atoms with E-state index in [-0.39, 0.29) is 5.41 Å². The minimum absolute atomic E-state index is 0.161. The molecule has 0 heterocycles. The summed E-state index contributed by atoms with van der Waals surface area (Å²) in [4.78, 5) is 3.48. The van der Waals surface area contributed by atoms with Crippen LogP contribution in [0, 0.1) is 5.41 Å². The number of nitrogens with zero attached hydrogens (tertiary/aromatic N) is 1. The largest absolute Gasteiger partial charge is 0.330 e. The van der Waals surface area contributed by atoms with Gasteiger partial charge in [-0.1, -0.05) is 44.0 Å².